The molecule has 0 aliphatic rings. The number of nitriles is 2. The number of halogens is 1. The molecule has 0 aliphatic carbocycles. The van der Waals surface area contributed by atoms with Crippen molar-refractivity contribution in [3.63, 3.8) is 0 Å². The maximum Gasteiger partial charge on any atom is 0.266 e. The van der Waals surface area contributed by atoms with E-state index in [4.69, 9.17) is 10.5 Å². The van der Waals surface area contributed by atoms with Gasteiger partial charge in [-0.05, 0) is 23.8 Å². The zero-order valence-electron chi connectivity index (χ0n) is 9.48. The first-order chi connectivity index (χ1) is 9.13. The summed E-state index contributed by atoms with van der Waals surface area (Å²) in [4.78, 5) is 14.1. The summed E-state index contributed by atoms with van der Waals surface area (Å²) in [6, 6.07) is 9.07. The Morgan fingerprint density at radius 1 is 1.26 bits per heavy atom. The highest BCUT2D eigenvalue weighted by Gasteiger charge is 2.00. The van der Waals surface area contributed by atoms with Crippen LogP contribution in [0.4, 0.5) is 4.39 Å². The third-order valence-electron chi connectivity index (χ3n) is 2.28. The summed E-state index contributed by atoms with van der Waals surface area (Å²) in [5, 5.41) is 17.4. The van der Waals surface area contributed by atoms with Crippen LogP contribution in [-0.2, 0) is 0 Å². The van der Waals surface area contributed by atoms with Crippen molar-refractivity contribution in [2.24, 2.45) is 0 Å². The molecule has 1 heterocycles. The van der Waals surface area contributed by atoms with Crippen LogP contribution in [0.3, 0.4) is 0 Å². The van der Waals surface area contributed by atoms with E-state index in [1.165, 1.54) is 24.3 Å². The van der Waals surface area contributed by atoms with Gasteiger partial charge in [-0.3, -0.25) is 4.79 Å². The van der Waals surface area contributed by atoms with Gasteiger partial charge in [0.05, 0.1) is 4.53 Å². The highest BCUT2D eigenvalue weighted by Crippen LogP contribution is 2.02. The molecule has 1 aromatic carbocycles. The first-order valence-electron chi connectivity index (χ1n) is 5.15. The molecule has 0 bridgehead atoms. The standard InChI is InChI=1S/C13H6FN3OS/c14-10-3-1-8(2-4-10)5-11-12(18)17-13(19-11)9(6-15)7-16/h1-5H,(H,17,18)/b11-5-. The van der Waals surface area contributed by atoms with Crippen LogP contribution in [0.1, 0.15) is 5.56 Å². The second-order valence-corrected chi connectivity index (χ2v) is 4.60. The minimum absolute atomic E-state index is 0.138. The largest absolute Gasteiger partial charge is 0.311 e. The molecule has 0 saturated heterocycles. The molecule has 0 fully saturated rings. The van der Waals surface area contributed by atoms with E-state index in [0.29, 0.717) is 10.1 Å². The number of aromatic nitrogens is 1. The Morgan fingerprint density at radius 2 is 1.89 bits per heavy atom. The average molecular weight is 271 g/mol. The number of thiazole rings is 1. The molecule has 6 heteroatoms. The lowest BCUT2D eigenvalue weighted by atomic mass is 10.2. The molecule has 19 heavy (non-hydrogen) atoms. The Hall–Kier alpha value is -2.70. The van der Waals surface area contributed by atoms with Gasteiger partial charge in [-0.2, -0.15) is 10.5 Å². The molecular formula is C13H6FN3OS. The van der Waals surface area contributed by atoms with Crippen molar-refractivity contribution < 1.29 is 4.39 Å². The highest BCUT2D eigenvalue weighted by atomic mass is 32.1. The van der Waals surface area contributed by atoms with E-state index < -0.39 is 0 Å². The van der Waals surface area contributed by atoms with E-state index in [0.717, 1.165) is 11.3 Å². The summed E-state index contributed by atoms with van der Waals surface area (Å²) in [5.41, 5.74) is 0.143. The predicted molar refractivity (Wildman–Crippen MR) is 68.8 cm³/mol. The van der Waals surface area contributed by atoms with Gasteiger partial charge in [-0.1, -0.05) is 12.1 Å². The monoisotopic (exact) mass is 271 g/mol. The van der Waals surface area contributed by atoms with Crippen LogP contribution < -0.4 is 14.8 Å². The molecule has 0 saturated carbocycles. The lowest BCUT2D eigenvalue weighted by molar-refractivity contribution is 0.628. The molecule has 92 valence electrons. The van der Waals surface area contributed by atoms with E-state index in [-0.39, 0.29) is 21.6 Å². The Morgan fingerprint density at radius 3 is 2.47 bits per heavy atom. The predicted octanol–water partition coefficient (Wildman–Crippen LogP) is 0.602. The van der Waals surface area contributed by atoms with E-state index in [1.54, 1.807) is 18.2 Å². The zero-order chi connectivity index (χ0) is 13.8. The van der Waals surface area contributed by atoms with Crippen molar-refractivity contribution in [2.45, 2.75) is 0 Å². The van der Waals surface area contributed by atoms with Gasteiger partial charge in [0.1, 0.15) is 22.6 Å². The summed E-state index contributed by atoms with van der Waals surface area (Å²) < 4.78 is 13.3. The maximum atomic E-state index is 12.8. The Labute approximate surface area is 111 Å². The van der Waals surface area contributed by atoms with Gasteiger partial charge in [0.15, 0.2) is 5.57 Å². The van der Waals surface area contributed by atoms with E-state index in [9.17, 15) is 9.18 Å². The van der Waals surface area contributed by atoms with Crippen LogP contribution in [-0.4, -0.2) is 4.98 Å². The molecule has 0 aliphatic heterocycles. The summed E-state index contributed by atoms with van der Waals surface area (Å²) in [5.74, 6) is -0.359. The summed E-state index contributed by atoms with van der Waals surface area (Å²) in [6.45, 7) is 0. The molecule has 0 unspecified atom stereocenters. The third-order valence-corrected chi connectivity index (χ3v) is 3.31. The normalized spacial score (nSPS) is 10.8. The molecule has 0 spiro atoms. The molecule has 1 N–H and O–H groups in total. The van der Waals surface area contributed by atoms with E-state index >= 15 is 0 Å². The number of benzene rings is 1. The van der Waals surface area contributed by atoms with Crippen LogP contribution >= 0.6 is 11.3 Å². The molecule has 4 nitrogen and oxygen atoms in total. The Bertz CT molecular complexity index is 847. The number of H-pyrrole nitrogens is 1. The van der Waals surface area contributed by atoms with Crippen molar-refractivity contribution in [3.05, 3.63) is 55.2 Å². The Balaban J connectivity index is 2.64. The summed E-state index contributed by atoms with van der Waals surface area (Å²) in [6.07, 6.45) is 1.57. The maximum absolute atomic E-state index is 12.8. The van der Waals surface area contributed by atoms with Crippen LogP contribution in [0.25, 0.3) is 11.6 Å². The third kappa shape index (κ3) is 2.76. The molecule has 2 aromatic rings. The van der Waals surface area contributed by atoms with Gasteiger partial charge >= 0.3 is 0 Å². The average Bonchev–Trinajstić information content (AvgIpc) is 2.75. The molecule has 0 atom stereocenters. The fourth-order valence-corrected chi connectivity index (χ4v) is 2.29. The topological polar surface area (TPSA) is 80.4 Å². The smallest absolute Gasteiger partial charge is 0.266 e. The zero-order valence-corrected chi connectivity index (χ0v) is 10.3. The lowest BCUT2D eigenvalue weighted by Gasteiger charge is -1.90. The van der Waals surface area contributed by atoms with Gasteiger partial charge in [0.25, 0.3) is 5.56 Å². The first kappa shape index (κ1) is 12.7. The SMILES string of the molecule is N#CC(C#N)=c1[nH]c(=O)/c(=C/c2ccc(F)cc2)s1. The van der Waals surface area contributed by atoms with E-state index in [2.05, 4.69) is 4.98 Å². The minimum atomic E-state index is -0.382. The van der Waals surface area contributed by atoms with Crippen molar-refractivity contribution in [1.29, 1.82) is 10.5 Å². The van der Waals surface area contributed by atoms with Gasteiger partial charge in [-0.15, -0.1) is 11.3 Å². The fraction of sp³-hybridized carbons (Fsp3) is 0. The molecule has 2 rings (SSSR count). The van der Waals surface area contributed by atoms with Gasteiger partial charge in [-0.25, -0.2) is 4.39 Å². The number of nitrogens with one attached hydrogen (secondary N) is 1. The number of aromatic amines is 1. The number of hydrogen-bond acceptors (Lipinski definition) is 4. The fourth-order valence-electron chi connectivity index (χ4n) is 1.39. The van der Waals surface area contributed by atoms with Gasteiger partial charge in [0, 0.05) is 0 Å². The van der Waals surface area contributed by atoms with Crippen LogP contribution in [0.15, 0.2) is 29.1 Å². The van der Waals surface area contributed by atoms with Crippen LogP contribution in [0.2, 0.25) is 0 Å². The second kappa shape index (κ2) is 5.30. The van der Waals surface area contributed by atoms with Crippen LogP contribution in [0.5, 0.6) is 0 Å². The second-order valence-electron chi connectivity index (χ2n) is 3.54. The van der Waals surface area contributed by atoms with Crippen molar-refractivity contribution >= 4 is 23.0 Å². The van der Waals surface area contributed by atoms with Crippen molar-refractivity contribution in [3.8, 4) is 12.1 Å². The summed E-state index contributed by atoms with van der Waals surface area (Å²) in [7, 11) is 0. The highest BCUT2D eigenvalue weighted by molar-refractivity contribution is 7.07. The molecule has 0 radical (unpaired) electrons. The first-order valence-corrected chi connectivity index (χ1v) is 5.96. The number of rotatable bonds is 1. The lowest BCUT2D eigenvalue weighted by Crippen LogP contribution is -2.20. The van der Waals surface area contributed by atoms with Crippen molar-refractivity contribution in [1.82, 2.24) is 4.98 Å². The minimum Gasteiger partial charge on any atom is -0.311 e. The Kier molecular flexibility index (Phi) is 3.56. The molecular weight excluding hydrogens is 265 g/mol. The van der Waals surface area contributed by atoms with Crippen LogP contribution in [0, 0.1) is 28.5 Å². The molecule has 1 aromatic heterocycles. The quantitative estimate of drug-likeness (QED) is 0.824. The summed E-state index contributed by atoms with van der Waals surface area (Å²) >= 11 is 1.02. The van der Waals surface area contributed by atoms with Gasteiger partial charge < -0.3 is 4.98 Å². The number of nitrogens with zero attached hydrogens (tertiary/aromatic N) is 2. The van der Waals surface area contributed by atoms with E-state index in [1.807, 2.05) is 0 Å². The number of hydrogen-bond donors (Lipinski definition) is 1. The molecule has 0 amide bonds. The van der Waals surface area contributed by atoms with Gasteiger partial charge in [0.2, 0.25) is 0 Å². The van der Waals surface area contributed by atoms with Crippen molar-refractivity contribution in [2.75, 3.05) is 0 Å².